The van der Waals surface area contributed by atoms with Crippen molar-refractivity contribution in [1.29, 1.82) is 0 Å². The molecule has 13 heteroatoms. The van der Waals surface area contributed by atoms with Gasteiger partial charge in [-0.25, -0.2) is 37.3 Å². The maximum Gasteiger partial charge on any atom is 2.00 e. The third-order valence-electron chi connectivity index (χ3n) is 0.167. The molecule has 0 aromatic heterocycles. The normalized spacial score (nSPS) is 10.0. The van der Waals surface area contributed by atoms with Gasteiger partial charge in [-0.2, -0.15) is 0 Å². The van der Waals surface area contributed by atoms with Crippen molar-refractivity contribution >= 4 is 0 Å². The van der Waals surface area contributed by atoms with Crippen LogP contribution in [-0.2, 0) is 17.1 Å². The SMILES string of the molecule is NCCN.[Cu+2].[O-][Cl+3]([O-])([O-])[O-].[O-][Cl+3]([O-])([O-])[O-]. The molecule has 99 valence electrons. The molecule has 1 radical (unpaired) electrons. The van der Waals surface area contributed by atoms with E-state index in [1.807, 2.05) is 0 Å². The Morgan fingerprint density at radius 2 is 0.667 bits per heavy atom. The minimum atomic E-state index is -4.94. The molecule has 4 N–H and O–H groups in total. The first kappa shape index (κ1) is 24.8. The molecule has 15 heavy (non-hydrogen) atoms. The van der Waals surface area contributed by atoms with Gasteiger partial charge in [0, 0.05) is 13.1 Å². The number of hydrogen-bond donors (Lipinski definition) is 2. The van der Waals surface area contributed by atoms with Crippen LogP contribution in [0.2, 0.25) is 0 Å². The predicted molar refractivity (Wildman–Crippen MR) is 18.1 cm³/mol. The van der Waals surface area contributed by atoms with Crippen LogP contribution in [0.15, 0.2) is 0 Å². The van der Waals surface area contributed by atoms with Crippen LogP contribution in [0.4, 0.5) is 0 Å². The zero-order valence-electron chi connectivity index (χ0n) is 6.89. The van der Waals surface area contributed by atoms with E-state index >= 15 is 0 Å². The number of halogens is 2. The average molecular weight is 323 g/mol. The second-order valence-electron chi connectivity index (χ2n) is 1.33. The van der Waals surface area contributed by atoms with Crippen molar-refractivity contribution in [2.45, 2.75) is 0 Å². The molecule has 0 aliphatic carbocycles. The maximum absolute atomic E-state index is 8.49. The van der Waals surface area contributed by atoms with Gasteiger partial charge in [0.15, 0.2) is 0 Å². The molecule has 0 rings (SSSR count). The molecule has 0 saturated heterocycles. The van der Waals surface area contributed by atoms with Crippen LogP contribution < -0.4 is 48.7 Å². The zero-order valence-corrected chi connectivity index (χ0v) is 9.35. The first-order valence-corrected chi connectivity index (χ1v) is 5.02. The van der Waals surface area contributed by atoms with Gasteiger partial charge in [0.2, 0.25) is 0 Å². The summed E-state index contributed by atoms with van der Waals surface area (Å²) >= 11 is 0. The Morgan fingerprint density at radius 1 is 0.600 bits per heavy atom. The first-order valence-electron chi connectivity index (χ1n) is 2.55. The molecule has 0 unspecified atom stereocenters. The van der Waals surface area contributed by atoms with Gasteiger partial charge in [0.25, 0.3) is 0 Å². The molecule has 0 heterocycles. The fourth-order valence-electron chi connectivity index (χ4n) is 0. The summed E-state index contributed by atoms with van der Waals surface area (Å²) in [7, 11) is -9.89. The van der Waals surface area contributed by atoms with E-state index in [9.17, 15) is 0 Å². The number of nitrogens with two attached hydrogens (primary N) is 2. The molecular weight excluding hydrogens is 314 g/mol. The second kappa shape index (κ2) is 12.8. The summed E-state index contributed by atoms with van der Waals surface area (Å²) in [5.74, 6) is 0. The van der Waals surface area contributed by atoms with Gasteiger partial charge in [-0.15, -0.1) is 20.5 Å². The molecule has 0 fully saturated rings. The van der Waals surface area contributed by atoms with Gasteiger partial charge in [-0.05, 0) is 0 Å². The molecule has 0 aromatic rings. The van der Waals surface area contributed by atoms with Crippen molar-refractivity contribution in [3.8, 4) is 0 Å². The molecule has 0 spiro atoms. The van der Waals surface area contributed by atoms with Crippen molar-refractivity contribution in [3.63, 3.8) is 0 Å². The van der Waals surface area contributed by atoms with Crippen LogP contribution in [0.1, 0.15) is 0 Å². The third-order valence-corrected chi connectivity index (χ3v) is 0.167. The Morgan fingerprint density at radius 3 is 0.667 bits per heavy atom. The predicted octanol–water partition coefficient (Wildman–Crippen LogP) is -10.6. The average Bonchev–Trinajstić information content (AvgIpc) is 1.79. The number of hydrogen-bond acceptors (Lipinski definition) is 10. The summed E-state index contributed by atoms with van der Waals surface area (Å²) < 4.78 is 67.9. The molecule has 0 aliphatic rings. The van der Waals surface area contributed by atoms with Gasteiger partial charge in [0.1, 0.15) is 0 Å². The van der Waals surface area contributed by atoms with E-state index in [4.69, 9.17) is 48.7 Å². The first-order chi connectivity index (χ1) is 5.91. The summed E-state index contributed by atoms with van der Waals surface area (Å²) in [4.78, 5) is 0. The summed E-state index contributed by atoms with van der Waals surface area (Å²) in [5, 5.41) is 0. The van der Waals surface area contributed by atoms with Crippen LogP contribution in [0.25, 0.3) is 0 Å². The Bertz CT molecular complexity index is 90.2. The van der Waals surface area contributed by atoms with E-state index in [0.717, 1.165) is 0 Å². The third kappa shape index (κ3) is 821. The fraction of sp³-hybridized carbons (Fsp3) is 1.00. The van der Waals surface area contributed by atoms with Crippen molar-refractivity contribution < 1.29 is 74.8 Å². The Kier molecular flexibility index (Phi) is 21.1. The van der Waals surface area contributed by atoms with E-state index in [2.05, 4.69) is 0 Å². The molecule has 10 nitrogen and oxygen atoms in total. The summed E-state index contributed by atoms with van der Waals surface area (Å²) in [6.07, 6.45) is 0. The van der Waals surface area contributed by atoms with Crippen LogP contribution in [0.3, 0.4) is 0 Å². The van der Waals surface area contributed by atoms with Crippen molar-refractivity contribution in [1.82, 2.24) is 0 Å². The maximum atomic E-state index is 8.49. The minimum Gasteiger partial charge on any atom is -0.329 e. The van der Waals surface area contributed by atoms with Gasteiger partial charge < -0.3 is 11.5 Å². The van der Waals surface area contributed by atoms with Crippen molar-refractivity contribution in [3.05, 3.63) is 0 Å². The topological polar surface area (TPSA) is 237 Å². The molecule has 0 aliphatic heterocycles. The molecule has 0 bridgehead atoms. The summed E-state index contributed by atoms with van der Waals surface area (Å²) in [6.45, 7) is 1.19. The molecule has 0 atom stereocenters. The zero-order chi connectivity index (χ0) is 12.4. The second-order valence-corrected chi connectivity index (χ2v) is 2.85. The largest absolute Gasteiger partial charge is 2.00 e. The van der Waals surface area contributed by atoms with Crippen LogP contribution in [-0.4, -0.2) is 13.1 Å². The fourth-order valence-corrected chi connectivity index (χ4v) is 0. The molecular formula is C2H8Cl2CuN2O8. The van der Waals surface area contributed by atoms with Crippen LogP contribution >= 0.6 is 0 Å². The molecule has 0 amide bonds. The van der Waals surface area contributed by atoms with Gasteiger partial charge in [-0.1, -0.05) is 0 Å². The minimum absolute atomic E-state index is 0. The van der Waals surface area contributed by atoms with Gasteiger partial charge >= 0.3 is 17.1 Å². The van der Waals surface area contributed by atoms with Crippen LogP contribution in [0, 0.1) is 20.5 Å². The van der Waals surface area contributed by atoms with Crippen molar-refractivity contribution in [2.24, 2.45) is 11.5 Å². The summed E-state index contributed by atoms with van der Waals surface area (Å²) in [6, 6.07) is 0. The molecule has 0 saturated carbocycles. The Balaban J connectivity index is -0.0000000590. The Labute approximate surface area is 99.7 Å². The van der Waals surface area contributed by atoms with E-state index in [-0.39, 0.29) is 17.1 Å². The van der Waals surface area contributed by atoms with E-state index in [1.54, 1.807) is 0 Å². The van der Waals surface area contributed by atoms with Crippen LogP contribution in [0.5, 0.6) is 0 Å². The van der Waals surface area contributed by atoms with E-state index in [0.29, 0.717) is 13.1 Å². The van der Waals surface area contributed by atoms with E-state index in [1.165, 1.54) is 0 Å². The monoisotopic (exact) mass is 321 g/mol. The molecule has 0 aromatic carbocycles. The van der Waals surface area contributed by atoms with Gasteiger partial charge in [0.05, 0.1) is 0 Å². The van der Waals surface area contributed by atoms with Gasteiger partial charge in [-0.3, -0.25) is 0 Å². The standard InChI is InChI=1S/C2H8N2.2ClHO4.Cu/c3-1-2-4;2*2-1(3,4)5;/h1-4H2;2*(H,2,3,4,5);/q;;;+2/p-2. The van der Waals surface area contributed by atoms with Crippen molar-refractivity contribution in [2.75, 3.05) is 13.1 Å². The van der Waals surface area contributed by atoms with E-state index < -0.39 is 20.5 Å². The summed E-state index contributed by atoms with van der Waals surface area (Å²) in [5.41, 5.74) is 9.81. The Hall–Kier alpha value is 0.699. The number of rotatable bonds is 1. The smallest absolute Gasteiger partial charge is 0.329 e. The quantitative estimate of drug-likeness (QED) is 0.432.